The average Bonchev–Trinajstić information content (AvgIpc) is 3.80. The normalized spacial score (nSPS) is 18.5. The van der Waals surface area contributed by atoms with Crippen molar-refractivity contribution in [1.82, 2.24) is 4.90 Å². The van der Waals surface area contributed by atoms with Gasteiger partial charge in [-0.1, -0.05) is 81.4 Å². The minimum atomic E-state index is -0.750. The van der Waals surface area contributed by atoms with Gasteiger partial charge in [-0.15, -0.1) is 0 Å². The van der Waals surface area contributed by atoms with Gasteiger partial charge in [-0.05, 0) is 41.3 Å². The van der Waals surface area contributed by atoms with Crippen LogP contribution in [-0.4, -0.2) is 70.2 Å². The Morgan fingerprint density at radius 1 is 0.902 bits per heavy atom. The van der Waals surface area contributed by atoms with Crippen molar-refractivity contribution in [3.05, 3.63) is 147 Å². The van der Waals surface area contributed by atoms with Crippen molar-refractivity contribution in [3.8, 4) is 11.5 Å². The summed E-state index contributed by atoms with van der Waals surface area (Å²) in [5, 5.41) is 11.3. The van der Waals surface area contributed by atoms with Crippen LogP contribution in [0.1, 0.15) is 78.3 Å². The molecule has 0 bridgehead atoms. The highest BCUT2D eigenvalue weighted by atomic mass is 127. The van der Waals surface area contributed by atoms with Gasteiger partial charge in [0.1, 0.15) is 19.8 Å². The number of fused-ring (bicyclic) bond motifs is 1. The summed E-state index contributed by atoms with van der Waals surface area (Å²) in [4.78, 5) is 70.3. The van der Waals surface area contributed by atoms with Crippen molar-refractivity contribution in [1.29, 1.82) is 0 Å². The quantitative estimate of drug-likeness (QED) is 0.0350. The number of non-ortho nitro benzene ring substituents is 1. The Hall–Kier alpha value is -5.57. The predicted octanol–water partition coefficient (Wildman–Crippen LogP) is 5.16. The van der Waals surface area contributed by atoms with E-state index in [4.69, 9.17) is 19.1 Å². The molecular weight excluding hydrogens is 896 g/mol. The summed E-state index contributed by atoms with van der Waals surface area (Å²) in [7, 11) is 0. The summed E-state index contributed by atoms with van der Waals surface area (Å²) in [5.74, 6) is -1.50. The van der Waals surface area contributed by atoms with Gasteiger partial charge in [0, 0.05) is 54.9 Å². The first-order chi connectivity index (χ1) is 28.9. The van der Waals surface area contributed by atoms with Gasteiger partial charge in [-0.2, -0.15) is 9.59 Å². The third-order valence-corrected chi connectivity index (χ3v) is 12.0. The number of allylic oxidation sites excluding steroid dienone is 1. The number of nitro groups is 1. The van der Waals surface area contributed by atoms with Gasteiger partial charge < -0.3 is 42.8 Å². The van der Waals surface area contributed by atoms with E-state index in [0.29, 0.717) is 35.3 Å². The van der Waals surface area contributed by atoms with Crippen LogP contribution in [0.3, 0.4) is 0 Å². The minimum Gasteiger partial charge on any atom is -1.00 e. The number of rotatable bonds is 17. The number of nitrogens with zero attached hydrogens (tertiary/aromatic N) is 3. The van der Waals surface area contributed by atoms with Crippen LogP contribution in [-0.2, 0) is 27.6 Å². The van der Waals surface area contributed by atoms with Gasteiger partial charge in [-0.25, -0.2) is 4.39 Å². The molecule has 0 saturated carbocycles. The lowest BCUT2D eigenvalue weighted by atomic mass is 9.74. The lowest BCUT2D eigenvalue weighted by molar-refractivity contribution is -0.912. The summed E-state index contributed by atoms with van der Waals surface area (Å²) in [6.07, 6.45) is 2.84. The van der Waals surface area contributed by atoms with Crippen LogP contribution in [0.2, 0.25) is 0 Å². The van der Waals surface area contributed by atoms with Gasteiger partial charge >= 0.3 is 6.15 Å². The maximum absolute atomic E-state index is 16.3. The highest BCUT2D eigenvalue weighted by Crippen LogP contribution is 2.50. The molecule has 4 aromatic carbocycles. The fraction of sp³-hybridized carbons (Fsp3) is 0.362. The number of hydrogen-bond donors (Lipinski definition) is 0. The second-order valence-corrected chi connectivity index (χ2v) is 16.1. The SMILES string of the molecule is CC(C)[C@H]1C(=O)N2C(C(=O)c3ccc([N+](=O)[O-])cc3)=C(C[N+]3(CCCC(=O)c4ccc(OCc5ccccc5)c(OCc5ccccc5)c4F)CCCC3)[C@H](C)[C@H]12.O=C=O.[I-]. The average molecular weight is 946 g/mol. The zero-order valence-corrected chi connectivity index (χ0v) is 36.5. The molecule has 3 aliphatic rings. The molecule has 0 aliphatic carbocycles. The third-order valence-electron chi connectivity index (χ3n) is 12.0. The topological polar surface area (TPSA) is 150 Å². The summed E-state index contributed by atoms with van der Waals surface area (Å²) in [6, 6.07) is 27.4. The molecule has 2 fully saturated rings. The Morgan fingerprint density at radius 2 is 1.48 bits per heavy atom. The van der Waals surface area contributed by atoms with E-state index in [2.05, 4.69) is 6.92 Å². The van der Waals surface area contributed by atoms with E-state index >= 15 is 4.39 Å². The minimum absolute atomic E-state index is 0. The van der Waals surface area contributed by atoms with Crippen LogP contribution >= 0.6 is 0 Å². The van der Waals surface area contributed by atoms with E-state index in [0.717, 1.165) is 42.6 Å². The molecule has 0 spiro atoms. The van der Waals surface area contributed by atoms with Crippen LogP contribution in [0.25, 0.3) is 0 Å². The standard InChI is InChI=1S/C46H49FN3O7.CO2.HI/c1-30(2)40-42-31(3)37(43(48(42)46(40)53)44(52)34-18-20-35(21-19-34)49(54)55)27-50(24-10-11-25-50)26-12-17-38(51)36-22-23-39(56-28-32-13-6-4-7-14-32)45(41(36)47)57-29-33-15-8-5-9-16-33;2-1-3;/h4-9,13-16,18-23,30-31,40,42H,10-12,17,24-29H2,1-3H3;;1H/q+1;;/p-1/t31-,40+,42+;;/m0../s1. The summed E-state index contributed by atoms with van der Waals surface area (Å²) >= 11 is 0. The number of ether oxygens (including phenoxy) is 2. The highest BCUT2D eigenvalue weighted by molar-refractivity contribution is 6.13. The van der Waals surface area contributed by atoms with Crippen molar-refractivity contribution in [3.63, 3.8) is 0 Å². The molecule has 0 N–H and O–H groups in total. The van der Waals surface area contributed by atoms with E-state index in [1.807, 2.05) is 74.5 Å². The molecule has 14 heteroatoms. The Morgan fingerprint density at radius 3 is 2.03 bits per heavy atom. The molecule has 12 nitrogen and oxygen atoms in total. The van der Waals surface area contributed by atoms with Gasteiger partial charge in [0.15, 0.2) is 23.1 Å². The largest absolute Gasteiger partial charge is 1.00 e. The van der Waals surface area contributed by atoms with Crippen LogP contribution in [0.15, 0.2) is 108 Å². The first-order valence-electron chi connectivity index (χ1n) is 20.3. The Bertz CT molecular complexity index is 2270. The monoisotopic (exact) mass is 945 g/mol. The van der Waals surface area contributed by atoms with Gasteiger partial charge in [-0.3, -0.25) is 24.5 Å². The third kappa shape index (κ3) is 10.3. The Kier molecular flexibility index (Phi) is 15.9. The molecule has 320 valence electrons. The van der Waals surface area contributed by atoms with Crippen LogP contribution in [0, 0.1) is 33.7 Å². The molecule has 4 aromatic rings. The zero-order chi connectivity index (χ0) is 43.0. The van der Waals surface area contributed by atoms with Crippen molar-refractivity contribution in [2.24, 2.45) is 17.8 Å². The van der Waals surface area contributed by atoms with Crippen molar-refractivity contribution in [2.75, 3.05) is 26.2 Å². The van der Waals surface area contributed by atoms with Gasteiger partial charge in [0.25, 0.3) is 5.69 Å². The molecule has 61 heavy (non-hydrogen) atoms. The number of Topliss-reactive ketones (excluding diaryl/α,β-unsaturated/α-hetero) is 2. The number of β-lactam (4-membered cyclic amide) rings is 1. The van der Waals surface area contributed by atoms with E-state index in [-0.39, 0.29) is 114 Å². The maximum atomic E-state index is 16.3. The molecule has 0 unspecified atom stereocenters. The number of carbonyl (C=O) groups excluding carboxylic acids is 5. The summed E-state index contributed by atoms with van der Waals surface area (Å²) in [6.45, 7) is 9.36. The number of halogens is 2. The number of carbonyl (C=O) groups is 3. The molecule has 1 amide bonds. The first kappa shape index (κ1) is 46.5. The van der Waals surface area contributed by atoms with Crippen molar-refractivity contribution < 1.29 is 71.2 Å². The van der Waals surface area contributed by atoms with E-state index < -0.39 is 10.7 Å². The molecule has 3 atom stereocenters. The Labute approximate surface area is 371 Å². The molecule has 3 aliphatic heterocycles. The van der Waals surface area contributed by atoms with Crippen LogP contribution in [0.5, 0.6) is 11.5 Å². The van der Waals surface area contributed by atoms with Gasteiger partial charge in [0.2, 0.25) is 11.7 Å². The molecule has 0 radical (unpaired) electrons. The van der Waals surface area contributed by atoms with Crippen molar-refractivity contribution in [2.45, 2.75) is 65.7 Å². The van der Waals surface area contributed by atoms with E-state index in [1.54, 1.807) is 11.0 Å². The lowest BCUT2D eigenvalue weighted by Crippen LogP contribution is -3.00. The number of quaternary nitrogens is 1. The number of likely N-dealkylation sites (tertiary alicyclic amines) is 1. The fourth-order valence-corrected chi connectivity index (χ4v) is 8.93. The zero-order valence-electron chi connectivity index (χ0n) is 34.4. The number of hydrogen-bond acceptors (Lipinski definition) is 9. The Balaban J connectivity index is 0.00000171. The number of nitro benzene ring substituents is 1. The second-order valence-electron chi connectivity index (χ2n) is 16.1. The molecule has 3 heterocycles. The van der Waals surface area contributed by atoms with E-state index in [9.17, 15) is 24.5 Å². The van der Waals surface area contributed by atoms with E-state index in [1.165, 1.54) is 30.3 Å². The number of amides is 1. The van der Waals surface area contributed by atoms with Crippen LogP contribution in [0.4, 0.5) is 10.1 Å². The predicted molar refractivity (Wildman–Crippen MR) is 218 cm³/mol. The smallest absolute Gasteiger partial charge is 0.373 e. The lowest BCUT2D eigenvalue weighted by Gasteiger charge is -2.47. The number of ketones is 2. The summed E-state index contributed by atoms with van der Waals surface area (Å²) < 4.78 is 29.0. The first-order valence-corrected chi connectivity index (χ1v) is 20.3. The molecule has 7 rings (SSSR count). The molecule has 2 saturated heterocycles. The summed E-state index contributed by atoms with van der Waals surface area (Å²) in [5.41, 5.74) is 3.20. The number of benzene rings is 4. The van der Waals surface area contributed by atoms with Gasteiger partial charge in [0.05, 0.1) is 47.8 Å². The fourth-order valence-electron chi connectivity index (χ4n) is 8.93. The molecular formula is C47H49FIN3O9. The second kappa shape index (κ2) is 20.8. The molecule has 0 aromatic heterocycles. The van der Waals surface area contributed by atoms with Crippen LogP contribution < -0.4 is 33.5 Å². The maximum Gasteiger partial charge on any atom is 0.373 e. The van der Waals surface area contributed by atoms with Crippen molar-refractivity contribution >= 4 is 29.3 Å². The highest BCUT2D eigenvalue weighted by Gasteiger charge is 2.60.